The minimum absolute atomic E-state index is 0.633. The van der Waals surface area contributed by atoms with E-state index in [1.165, 1.54) is 38.4 Å². The number of oxazole rings is 1. The van der Waals surface area contributed by atoms with Gasteiger partial charge in [0.1, 0.15) is 5.52 Å². The molecule has 0 unspecified atom stereocenters. The molecule has 9 aromatic rings. The standard InChI is InChI=1S/C41H26N2O/c1-2-11-32(12-3-1)43-38-23-21-30(27-17-19-29(20-18-27)34-14-8-10-28-9-4-5-13-33(28)34)25-35(38)36-26-31(22-24-39(36)43)41-42-37-15-6-7-16-40(37)44-41/h1-26H. The van der Waals surface area contributed by atoms with Gasteiger partial charge in [-0.2, -0.15) is 0 Å². The van der Waals surface area contributed by atoms with Crippen molar-refractivity contribution in [3.05, 3.63) is 158 Å². The number of benzene rings is 7. The SMILES string of the molecule is c1ccc(-n2c3ccc(-c4ccc(-c5cccc6ccccc56)cc4)cc3c3cc(-c4nc5ccccc5o4)ccc32)cc1. The summed E-state index contributed by atoms with van der Waals surface area (Å²) in [5.74, 6) is 0.633. The van der Waals surface area contributed by atoms with Crippen LogP contribution in [-0.4, -0.2) is 9.55 Å². The van der Waals surface area contributed by atoms with Crippen LogP contribution in [0.1, 0.15) is 0 Å². The molecule has 0 aliphatic heterocycles. The van der Waals surface area contributed by atoms with Gasteiger partial charge in [-0.3, -0.25) is 0 Å². The van der Waals surface area contributed by atoms with Crippen LogP contribution in [0, 0.1) is 0 Å². The van der Waals surface area contributed by atoms with Gasteiger partial charge in [0.2, 0.25) is 5.89 Å². The molecule has 206 valence electrons. The number of para-hydroxylation sites is 3. The van der Waals surface area contributed by atoms with Crippen LogP contribution in [0.3, 0.4) is 0 Å². The second kappa shape index (κ2) is 9.82. The van der Waals surface area contributed by atoms with Crippen LogP contribution >= 0.6 is 0 Å². The Balaban J connectivity index is 1.20. The van der Waals surface area contributed by atoms with E-state index in [0.717, 1.165) is 38.8 Å². The number of fused-ring (bicyclic) bond motifs is 5. The summed E-state index contributed by atoms with van der Waals surface area (Å²) in [5.41, 5.74) is 10.9. The van der Waals surface area contributed by atoms with E-state index < -0.39 is 0 Å². The van der Waals surface area contributed by atoms with Crippen molar-refractivity contribution in [2.24, 2.45) is 0 Å². The Morgan fingerprint density at radius 1 is 0.455 bits per heavy atom. The van der Waals surface area contributed by atoms with Gasteiger partial charge in [-0.15, -0.1) is 0 Å². The van der Waals surface area contributed by atoms with Gasteiger partial charge in [0, 0.05) is 22.0 Å². The van der Waals surface area contributed by atoms with Crippen LogP contribution in [0.2, 0.25) is 0 Å². The van der Waals surface area contributed by atoms with E-state index in [1.807, 2.05) is 24.3 Å². The first-order valence-corrected chi connectivity index (χ1v) is 14.9. The summed E-state index contributed by atoms with van der Waals surface area (Å²) in [5, 5.41) is 4.88. The summed E-state index contributed by atoms with van der Waals surface area (Å²) >= 11 is 0. The number of rotatable bonds is 4. The Hall–Kier alpha value is -5.93. The lowest BCUT2D eigenvalue weighted by Crippen LogP contribution is -1.93. The van der Waals surface area contributed by atoms with Crippen molar-refractivity contribution in [3.63, 3.8) is 0 Å². The summed E-state index contributed by atoms with van der Waals surface area (Å²) in [4.78, 5) is 4.78. The van der Waals surface area contributed by atoms with Crippen molar-refractivity contribution >= 4 is 43.7 Å². The van der Waals surface area contributed by atoms with E-state index in [1.54, 1.807) is 0 Å². The predicted octanol–water partition coefficient (Wildman–Crippen LogP) is 11.1. The van der Waals surface area contributed by atoms with Crippen molar-refractivity contribution < 1.29 is 4.42 Å². The number of hydrogen-bond donors (Lipinski definition) is 0. The van der Waals surface area contributed by atoms with Crippen LogP contribution in [0.15, 0.2) is 162 Å². The summed E-state index contributed by atoms with van der Waals surface area (Å²) in [6, 6.07) is 55.8. The monoisotopic (exact) mass is 562 g/mol. The van der Waals surface area contributed by atoms with Crippen molar-refractivity contribution in [2.75, 3.05) is 0 Å². The molecule has 7 aromatic carbocycles. The largest absolute Gasteiger partial charge is 0.436 e. The van der Waals surface area contributed by atoms with Gasteiger partial charge in [0.05, 0.1) is 11.0 Å². The zero-order chi connectivity index (χ0) is 29.0. The number of nitrogens with zero attached hydrogens (tertiary/aromatic N) is 2. The van der Waals surface area contributed by atoms with E-state index in [9.17, 15) is 0 Å². The molecule has 0 spiro atoms. The molecule has 0 radical (unpaired) electrons. The van der Waals surface area contributed by atoms with Crippen LogP contribution in [-0.2, 0) is 0 Å². The van der Waals surface area contributed by atoms with Crippen molar-refractivity contribution in [1.82, 2.24) is 9.55 Å². The maximum atomic E-state index is 6.16. The average molecular weight is 563 g/mol. The summed E-state index contributed by atoms with van der Waals surface area (Å²) in [6.45, 7) is 0. The highest BCUT2D eigenvalue weighted by Crippen LogP contribution is 2.38. The molecule has 0 atom stereocenters. The van der Waals surface area contributed by atoms with E-state index in [-0.39, 0.29) is 0 Å². The van der Waals surface area contributed by atoms with Gasteiger partial charge in [-0.05, 0) is 87.6 Å². The highest BCUT2D eigenvalue weighted by atomic mass is 16.3. The molecule has 2 aromatic heterocycles. The molecular formula is C41H26N2O. The normalized spacial score (nSPS) is 11.6. The molecule has 2 heterocycles. The molecule has 3 nitrogen and oxygen atoms in total. The minimum atomic E-state index is 0.633. The first-order chi connectivity index (χ1) is 21.8. The molecule has 0 amide bonds. The number of aromatic nitrogens is 2. The van der Waals surface area contributed by atoms with Gasteiger partial charge < -0.3 is 8.98 Å². The molecule has 0 N–H and O–H groups in total. The van der Waals surface area contributed by atoms with Crippen molar-refractivity contribution in [3.8, 4) is 39.4 Å². The number of hydrogen-bond acceptors (Lipinski definition) is 2. The Bertz CT molecular complexity index is 2450. The van der Waals surface area contributed by atoms with Crippen molar-refractivity contribution in [1.29, 1.82) is 0 Å². The van der Waals surface area contributed by atoms with E-state index in [0.29, 0.717) is 5.89 Å². The highest BCUT2D eigenvalue weighted by Gasteiger charge is 2.16. The van der Waals surface area contributed by atoms with Crippen LogP contribution in [0.5, 0.6) is 0 Å². The molecule has 0 aliphatic carbocycles. The lowest BCUT2D eigenvalue weighted by molar-refractivity contribution is 0.620. The molecule has 9 rings (SSSR count). The molecule has 0 fully saturated rings. The van der Waals surface area contributed by atoms with Gasteiger partial charge in [0.15, 0.2) is 5.58 Å². The fourth-order valence-corrected chi connectivity index (χ4v) is 6.51. The Kier molecular flexibility index (Phi) is 5.50. The third-order valence-corrected chi connectivity index (χ3v) is 8.64. The first-order valence-electron chi connectivity index (χ1n) is 14.9. The lowest BCUT2D eigenvalue weighted by atomic mass is 9.96. The molecule has 0 bridgehead atoms. The fraction of sp³-hybridized carbons (Fsp3) is 0. The fourth-order valence-electron chi connectivity index (χ4n) is 6.51. The van der Waals surface area contributed by atoms with E-state index >= 15 is 0 Å². The summed E-state index contributed by atoms with van der Waals surface area (Å²) in [6.07, 6.45) is 0. The zero-order valence-electron chi connectivity index (χ0n) is 23.8. The van der Waals surface area contributed by atoms with Crippen LogP contribution in [0.4, 0.5) is 0 Å². The molecule has 0 saturated carbocycles. The first kappa shape index (κ1) is 24.6. The topological polar surface area (TPSA) is 31.0 Å². The van der Waals surface area contributed by atoms with Crippen LogP contribution in [0.25, 0.3) is 83.1 Å². The third-order valence-electron chi connectivity index (χ3n) is 8.64. The van der Waals surface area contributed by atoms with E-state index in [2.05, 4.69) is 138 Å². The molecule has 44 heavy (non-hydrogen) atoms. The molecule has 0 aliphatic rings. The summed E-state index contributed by atoms with van der Waals surface area (Å²) < 4.78 is 8.50. The third kappa shape index (κ3) is 3.94. The Labute approximate surface area is 254 Å². The maximum Gasteiger partial charge on any atom is 0.227 e. The second-order valence-corrected chi connectivity index (χ2v) is 11.2. The lowest BCUT2D eigenvalue weighted by Gasteiger charge is -2.09. The summed E-state index contributed by atoms with van der Waals surface area (Å²) in [7, 11) is 0. The molecule has 3 heteroatoms. The quantitative estimate of drug-likeness (QED) is 0.214. The Morgan fingerprint density at radius 3 is 1.91 bits per heavy atom. The van der Waals surface area contributed by atoms with Gasteiger partial charge in [-0.25, -0.2) is 4.98 Å². The second-order valence-electron chi connectivity index (χ2n) is 11.2. The van der Waals surface area contributed by atoms with Crippen LogP contribution < -0.4 is 0 Å². The highest BCUT2D eigenvalue weighted by molar-refractivity contribution is 6.11. The zero-order valence-corrected chi connectivity index (χ0v) is 23.8. The van der Waals surface area contributed by atoms with Gasteiger partial charge >= 0.3 is 0 Å². The maximum absolute atomic E-state index is 6.16. The minimum Gasteiger partial charge on any atom is -0.436 e. The van der Waals surface area contributed by atoms with Gasteiger partial charge in [0.25, 0.3) is 0 Å². The van der Waals surface area contributed by atoms with Gasteiger partial charge in [-0.1, -0.05) is 103 Å². The average Bonchev–Trinajstić information content (AvgIpc) is 3.67. The smallest absolute Gasteiger partial charge is 0.227 e. The predicted molar refractivity (Wildman–Crippen MR) is 182 cm³/mol. The van der Waals surface area contributed by atoms with Crippen molar-refractivity contribution in [2.45, 2.75) is 0 Å². The van der Waals surface area contributed by atoms with E-state index in [4.69, 9.17) is 9.40 Å². The Morgan fingerprint density at radius 2 is 1.09 bits per heavy atom. The molecular weight excluding hydrogens is 536 g/mol. The molecule has 0 saturated heterocycles.